The number of aromatic hydroxyl groups is 1. The predicted molar refractivity (Wildman–Crippen MR) is 282 cm³/mol. The zero-order chi connectivity index (χ0) is 51.0. The molecule has 5 N–H and O–H groups in total. The molecular formula is C55H66N12O6S. The molecule has 6 aromatic rings. The average Bonchev–Trinajstić information content (AvgIpc) is 4.22. The molecule has 5 fully saturated rings. The SMILES string of the molecule is Cc1ncsc1-c1ccc(CNC(=O)[C@@H]2C[C@@H](O)CN2C(=O)C(c2cc(O[C@H]3CC[C@@H](N4CCC(c5cnc(N6C7CCC6CN(c6cc(-c8ccccc8O)nnc6N)C7)nc5)CC4)CC3)no2)C(C)C)cc1. The Morgan fingerprint density at radius 1 is 0.892 bits per heavy atom. The normalized spacial score (nSPS) is 23.9. The Balaban J connectivity index is 0.636. The van der Waals surface area contributed by atoms with E-state index in [0.717, 1.165) is 111 Å². The monoisotopic (exact) mass is 1020 g/mol. The second-order valence-electron chi connectivity index (χ2n) is 21.3. The third kappa shape index (κ3) is 10.2. The first-order valence-electron chi connectivity index (χ1n) is 26.3. The quantitative estimate of drug-likeness (QED) is 0.0855. The van der Waals surface area contributed by atoms with Crippen molar-refractivity contribution in [2.24, 2.45) is 5.92 Å². The first-order valence-corrected chi connectivity index (χ1v) is 27.2. The van der Waals surface area contributed by atoms with Crippen LogP contribution in [-0.2, 0) is 16.1 Å². The summed E-state index contributed by atoms with van der Waals surface area (Å²) < 4.78 is 12.2. The van der Waals surface area contributed by atoms with Crippen molar-refractivity contribution in [1.29, 1.82) is 0 Å². The molecular weight excluding hydrogens is 957 g/mol. The van der Waals surface area contributed by atoms with Crippen molar-refractivity contribution >= 4 is 40.6 Å². The highest BCUT2D eigenvalue weighted by Crippen LogP contribution is 2.40. The van der Waals surface area contributed by atoms with Gasteiger partial charge < -0.3 is 50.1 Å². The van der Waals surface area contributed by atoms with E-state index in [0.29, 0.717) is 47.2 Å². The van der Waals surface area contributed by atoms with Crippen molar-refractivity contribution in [2.45, 2.75) is 133 Å². The zero-order valence-corrected chi connectivity index (χ0v) is 43.1. The van der Waals surface area contributed by atoms with E-state index in [1.165, 1.54) is 10.5 Å². The lowest BCUT2D eigenvalue weighted by atomic mass is 9.87. The molecule has 8 heterocycles. The Bertz CT molecular complexity index is 2900. The van der Waals surface area contributed by atoms with Gasteiger partial charge in [-0.25, -0.2) is 15.0 Å². The number of ether oxygens (including phenoxy) is 1. The van der Waals surface area contributed by atoms with Gasteiger partial charge in [0.05, 0.1) is 33.6 Å². The van der Waals surface area contributed by atoms with Gasteiger partial charge in [0.2, 0.25) is 17.8 Å². The Morgan fingerprint density at radius 3 is 2.30 bits per heavy atom. The molecule has 4 aliphatic heterocycles. The van der Waals surface area contributed by atoms with Crippen LogP contribution in [0.3, 0.4) is 0 Å². The van der Waals surface area contributed by atoms with Gasteiger partial charge in [-0.2, -0.15) is 0 Å². The number of aliphatic hydroxyl groups excluding tert-OH is 1. The van der Waals surface area contributed by atoms with E-state index in [-0.39, 0.29) is 54.6 Å². The number of thiazole rings is 1. The van der Waals surface area contributed by atoms with E-state index in [2.05, 4.69) is 52.7 Å². The summed E-state index contributed by atoms with van der Waals surface area (Å²) in [5.41, 5.74) is 14.5. The van der Waals surface area contributed by atoms with Crippen molar-refractivity contribution in [3.05, 3.63) is 101 Å². The lowest BCUT2D eigenvalue weighted by Crippen LogP contribution is -2.54. The molecule has 388 valence electrons. The summed E-state index contributed by atoms with van der Waals surface area (Å²) in [6.45, 7) is 9.86. The first kappa shape index (κ1) is 49.5. The van der Waals surface area contributed by atoms with Gasteiger partial charge in [-0.1, -0.05) is 50.2 Å². The number of benzene rings is 2. The third-order valence-electron chi connectivity index (χ3n) is 16.2. The highest BCUT2D eigenvalue weighted by molar-refractivity contribution is 7.13. The number of nitrogens with zero attached hydrogens (tertiary/aromatic N) is 10. The molecule has 74 heavy (non-hydrogen) atoms. The number of β-amino-alcohol motifs (C(OH)–C–C–N with tert-alkyl or cyclic N) is 1. The molecule has 18 nitrogen and oxygen atoms in total. The number of rotatable bonds is 14. The minimum Gasteiger partial charge on any atom is -0.507 e. The van der Waals surface area contributed by atoms with Crippen LogP contribution in [0.2, 0.25) is 0 Å². The van der Waals surface area contributed by atoms with Crippen molar-refractivity contribution in [3.8, 4) is 33.3 Å². The number of piperazine rings is 1. The second kappa shape index (κ2) is 21.3. The van der Waals surface area contributed by atoms with E-state index in [4.69, 9.17) is 25.0 Å². The van der Waals surface area contributed by atoms with Crippen LogP contribution in [0.5, 0.6) is 11.6 Å². The second-order valence-corrected chi connectivity index (χ2v) is 22.1. The molecule has 1 saturated carbocycles. The number of likely N-dealkylation sites (tertiary alicyclic amines) is 2. The number of carbonyl (C=O) groups excluding carboxylic acids is 2. The van der Waals surface area contributed by atoms with Crippen LogP contribution in [0.25, 0.3) is 21.7 Å². The Kier molecular flexibility index (Phi) is 14.2. The Hall–Kier alpha value is -6.70. The maximum atomic E-state index is 14.3. The first-order chi connectivity index (χ1) is 35.9. The third-order valence-corrected chi connectivity index (χ3v) is 17.2. The van der Waals surface area contributed by atoms with Crippen LogP contribution < -0.4 is 25.6 Å². The molecule has 2 aromatic carbocycles. The van der Waals surface area contributed by atoms with Crippen molar-refractivity contribution in [3.63, 3.8) is 0 Å². The summed E-state index contributed by atoms with van der Waals surface area (Å²) in [5.74, 6) is 1.08. The minimum absolute atomic E-state index is 0.00711. The van der Waals surface area contributed by atoms with Crippen LogP contribution in [0.1, 0.15) is 106 Å². The number of anilines is 3. The lowest BCUT2D eigenvalue weighted by Gasteiger charge is -2.42. The molecule has 4 saturated heterocycles. The number of phenolic OH excluding ortho intramolecular Hbond substituents is 1. The molecule has 4 aromatic heterocycles. The average molecular weight is 1020 g/mol. The number of nitrogens with two attached hydrogens (primary N) is 1. The number of hydrogen-bond donors (Lipinski definition) is 4. The number of fused-ring (bicyclic) bond motifs is 2. The smallest absolute Gasteiger partial charge is 0.254 e. The summed E-state index contributed by atoms with van der Waals surface area (Å²) >= 11 is 1.59. The molecule has 19 heteroatoms. The number of aromatic nitrogens is 6. The molecule has 1 aliphatic carbocycles. The van der Waals surface area contributed by atoms with E-state index < -0.39 is 18.1 Å². The number of nitrogen functional groups attached to an aromatic ring is 1. The molecule has 3 unspecified atom stereocenters. The number of aliphatic hydroxyl groups is 1. The molecule has 2 bridgehead atoms. The number of para-hydroxylation sites is 1. The summed E-state index contributed by atoms with van der Waals surface area (Å²) in [7, 11) is 0. The van der Waals surface area contributed by atoms with Crippen LogP contribution in [0.15, 0.2) is 83.1 Å². The fraction of sp³-hybridized carbons (Fsp3) is 0.491. The minimum atomic E-state index is -0.810. The van der Waals surface area contributed by atoms with E-state index in [1.54, 1.807) is 29.5 Å². The topological polar surface area (TPSA) is 225 Å². The zero-order valence-electron chi connectivity index (χ0n) is 42.3. The van der Waals surface area contributed by atoms with Gasteiger partial charge in [-0.3, -0.25) is 9.59 Å². The Morgan fingerprint density at radius 2 is 1.61 bits per heavy atom. The van der Waals surface area contributed by atoms with Gasteiger partial charge in [0.1, 0.15) is 23.8 Å². The van der Waals surface area contributed by atoms with Crippen LogP contribution >= 0.6 is 11.3 Å². The molecule has 5 atom stereocenters. The summed E-state index contributed by atoms with van der Waals surface area (Å²) in [6.07, 6.45) is 11.5. The van der Waals surface area contributed by atoms with Gasteiger partial charge in [0.15, 0.2) is 11.6 Å². The Labute approximate surface area is 435 Å². The number of piperidine rings is 1. The fourth-order valence-electron chi connectivity index (χ4n) is 12.2. The number of aryl methyl sites for hydroxylation is 1. The van der Waals surface area contributed by atoms with E-state index in [9.17, 15) is 19.8 Å². The summed E-state index contributed by atoms with van der Waals surface area (Å²) in [5, 5.41) is 37.0. The van der Waals surface area contributed by atoms with Crippen molar-refractivity contribution in [2.75, 3.05) is 48.3 Å². The fourth-order valence-corrected chi connectivity index (χ4v) is 13.0. The lowest BCUT2D eigenvalue weighted by molar-refractivity contribution is -0.141. The van der Waals surface area contributed by atoms with E-state index >= 15 is 0 Å². The number of nitrogens with one attached hydrogen (secondary N) is 1. The molecule has 11 rings (SSSR count). The van der Waals surface area contributed by atoms with Gasteiger partial charge in [0.25, 0.3) is 5.88 Å². The van der Waals surface area contributed by atoms with Crippen LogP contribution in [0.4, 0.5) is 17.5 Å². The van der Waals surface area contributed by atoms with Crippen LogP contribution in [-0.4, -0.2) is 131 Å². The highest BCUT2D eigenvalue weighted by Gasteiger charge is 2.44. The maximum Gasteiger partial charge on any atom is 0.254 e. The van der Waals surface area contributed by atoms with Gasteiger partial charge in [-0.15, -0.1) is 21.5 Å². The number of amides is 2. The van der Waals surface area contributed by atoms with Crippen molar-refractivity contribution < 1.29 is 29.1 Å². The van der Waals surface area contributed by atoms with Gasteiger partial charge >= 0.3 is 0 Å². The van der Waals surface area contributed by atoms with E-state index in [1.807, 2.05) is 68.7 Å². The molecule has 2 amide bonds. The summed E-state index contributed by atoms with van der Waals surface area (Å²) in [4.78, 5) is 52.1. The summed E-state index contributed by atoms with van der Waals surface area (Å²) in [6, 6.07) is 19.0. The molecule has 0 spiro atoms. The number of phenols is 1. The maximum absolute atomic E-state index is 14.3. The van der Waals surface area contributed by atoms with Gasteiger partial charge in [-0.05, 0) is 123 Å². The standard InChI is InChI=1S/C55H66N12O6S/c1-32(2)50(54(71)66-30-41(68)22-46(66)53(70)57-25-34-8-10-36(11-9-34)51-33(3)60-31-74-51)48-24-49(63-73-48)72-42-16-14-38(15-17-42)64-20-18-35(19-21-64)37-26-58-55(59-27-37)67-39-12-13-40(67)29-65(28-39)45-23-44(61-62-52(45)56)43-6-4-5-7-47(43)69/h4-11,23-24,26-27,31-32,35,38-42,46,50,68-69H,12-22,25,28-30H2,1-3H3,(H2,56,62)(H,57,70)/t38-,39?,40?,41-,42+,46+,50?/m1/s1. The van der Waals surface area contributed by atoms with Crippen LogP contribution in [0, 0.1) is 12.8 Å². The number of carbonyl (C=O) groups is 2. The highest BCUT2D eigenvalue weighted by atomic mass is 32.1. The number of hydrogen-bond acceptors (Lipinski definition) is 17. The predicted octanol–water partition coefficient (Wildman–Crippen LogP) is 7.09. The van der Waals surface area contributed by atoms with Crippen molar-refractivity contribution in [1.82, 2.24) is 45.4 Å². The molecule has 0 radical (unpaired) electrons. The largest absolute Gasteiger partial charge is 0.507 e. The van der Waals surface area contributed by atoms with Gasteiger partial charge in [0, 0.05) is 74.7 Å². The molecule has 5 aliphatic rings.